The lowest BCUT2D eigenvalue weighted by molar-refractivity contribution is -0.146. The Morgan fingerprint density at radius 2 is 0.926 bits per heavy atom. The van der Waals surface area contributed by atoms with Crippen molar-refractivity contribution < 1.29 is 29.6 Å². The molecule has 1 unspecified atom stereocenters. The maximum atomic E-state index is 10.8. The first kappa shape index (κ1) is 64.7. The van der Waals surface area contributed by atoms with Crippen LogP contribution < -0.4 is 17.2 Å². The minimum atomic E-state index is -1.07. The number of nitrogens with two attached hydrogens (primary N) is 1. The standard InChI is InChI=1S/C16H28O4.C14H30O2.C12H27N.C2H7N.ClH.H3N/c1-2-3-4-5-6-7-8-9-10-11-12-14(16(19)20)13-15(17)18;1-2-3-4-5-6-7-8-9-10-11-13-16-14-12-15;1-2-3-4-5-6-7-8-9-10-11-12-13;1-3-2;;/h11-12,14H,2-10,13H2,1H3,(H,17,18)(H,19,20);15H,2-14H2,1H3;2-13H2,1H3;3H,1-2H3;1H;1H3. The zero-order chi connectivity index (χ0) is 39.6. The van der Waals surface area contributed by atoms with E-state index >= 15 is 0 Å². The number of unbranched alkanes of at least 4 members (excludes halogenated alkanes) is 26. The predicted octanol–water partition coefficient (Wildman–Crippen LogP) is 12.5. The first-order valence-corrected chi connectivity index (χ1v) is 21.9. The molecule has 0 aromatic carbocycles. The Kier molecular flexibility index (Phi) is 76.3. The summed E-state index contributed by atoms with van der Waals surface area (Å²) in [7, 11) is 3.75. The summed E-state index contributed by atoms with van der Waals surface area (Å²) in [4.78, 5) is 21.3. The summed E-state index contributed by atoms with van der Waals surface area (Å²) in [6.07, 6.45) is 41.2. The van der Waals surface area contributed by atoms with E-state index in [1.807, 2.05) is 14.1 Å². The first-order chi connectivity index (χ1) is 25.3. The molecule has 9 nitrogen and oxygen atoms in total. The van der Waals surface area contributed by atoms with Gasteiger partial charge in [0.05, 0.1) is 25.6 Å². The zero-order valence-corrected chi connectivity index (χ0v) is 37.3. The molecule has 0 aliphatic rings. The highest BCUT2D eigenvalue weighted by Crippen LogP contribution is 2.13. The van der Waals surface area contributed by atoms with Crippen LogP contribution in [0.4, 0.5) is 0 Å². The van der Waals surface area contributed by atoms with Gasteiger partial charge in [-0.25, -0.2) is 0 Å². The number of allylic oxidation sites excluding steroid dienone is 1. The Bertz CT molecular complexity index is 665. The molecule has 0 heterocycles. The molecule has 0 spiro atoms. The highest BCUT2D eigenvalue weighted by molar-refractivity contribution is 5.85. The van der Waals surface area contributed by atoms with Crippen molar-refractivity contribution in [3.63, 3.8) is 0 Å². The van der Waals surface area contributed by atoms with E-state index in [0.717, 1.165) is 38.8 Å². The maximum absolute atomic E-state index is 10.8. The van der Waals surface area contributed by atoms with Gasteiger partial charge in [-0.15, -0.1) is 12.4 Å². The second-order valence-corrected chi connectivity index (χ2v) is 14.2. The molecule has 0 bridgehead atoms. The number of aliphatic hydroxyl groups excluding tert-OH is 1. The van der Waals surface area contributed by atoms with Crippen LogP contribution in [0.25, 0.3) is 0 Å². The molecule has 0 aromatic rings. The monoisotopic (exact) mass is 798 g/mol. The van der Waals surface area contributed by atoms with E-state index in [4.69, 9.17) is 25.8 Å². The number of hydrogen-bond acceptors (Lipinski definition) is 7. The normalized spacial score (nSPS) is 10.8. The van der Waals surface area contributed by atoms with Gasteiger partial charge in [0.2, 0.25) is 0 Å². The van der Waals surface area contributed by atoms with E-state index in [9.17, 15) is 9.59 Å². The SMILES string of the molecule is CCCCCCCCCCC=CC(CC(=O)O)C(=O)O.CCCCCCCCCCCCN.CCCCCCCCCCCCOCCO.CNC.Cl.N. The molecule has 0 aliphatic carbocycles. The van der Waals surface area contributed by atoms with Crippen molar-refractivity contribution in [2.45, 2.75) is 213 Å². The third-order valence-electron chi connectivity index (χ3n) is 8.74. The molecule has 0 aromatic heterocycles. The maximum Gasteiger partial charge on any atom is 0.310 e. The molecule has 10 heteroatoms. The summed E-state index contributed by atoms with van der Waals surface area (Å²) in [6.45, 7) is 9.08. The molecule has 9 N–H and O–H groups in total. The van der Waals surface area contributed by atoms with Crippen LogP contribution >= 0.6 is 12.4 Å². The highest BCUT2D eigenvalue weighted by Gasteiger charge is 2.17. The lowest BCUT2D eigenvalue weighted by atomic mass is 10.0. The number of carboxylic acids is 2. The van der Waals surface area contributed by atoms with Crippen molar-refractivity contribution in [3.05, 3.63) is 12.2 Å². The number of carbonyl (C=O) groups is 2. The third kappa shape index (κ3) is 72.1. The van der Waals surface area contributed by atoms with Crippen molar-refractivity contribution in [3.8, 4) is 0 Å². The summed E-state index contributed by atoms with van der Waals surface area (Å²) in [5.74, 6) is -3.05. The second kappa shape index (κ2) is 63.7. The average Bonchev–Trinajstić information content (AvgIpc) is 3.12. The Morgan fingerprint density at radius 3 is 1.24 bits per heavy atom. The van der Waals surface area contributed by atoms with Gasteiger partial charge in [0, 0.05) is 6.61 Å². The number of hydrogen-bond donors (Lipinski definition) is 6. The largest absolute Gasteiger partial charge is 0.481 e. The zero-order valence-electron chi connectivity index (χ0n) is 36.5. The van der Waals surface area contributed by atoms with Crippen LogP contribution in [0.1, 0.15) is 213 Å². The smallest absolute Gasteiger partial charge is 0.310 e. The molecule has 0 radical (unpaired) electrons. The predicted molar refractivity (Wildman–Crippen MR) is 238 cm³/mol. The summed E-state index contributed by atoms with van der Waals surface area (Å²) in [6, 6.07) is 0. The van der Waals surface area contributed by atoms with Gasteiger partial charge in [-0.3, -0.25) is 9.59 Å². The third-order valence-corrected chi connectivity index (χ3v) is 8.74. The number of aliphatic hydroxyl groups is 1. The molecule has 0 fully saturated rings. The molecule has 1 atom stereocenters. The lowest BCUT2D eigenvalue weighted by Crippen LogP contribution is -2.15. The van der Waals surface area contributed by atoms with Crippen molar-refractivity contribution in [2.75, 3.05) is 40.5 Å². The number of aliphatic carboxylic acids is 2. The van der Waals surface area contributed by atoms with E-state index in [-0.39, 0.29) is 31.6 Å². The van der Waals surface area contributed by atoms with Crippen molar-refractivity contribution in [2.24, 2.45) is 11.7 Å². The van der Waals surface area contributed by atoms with Gasteiger partial charge in [-0.05, 0) is 46.3 Å². The van der Waals surface area contributed by atoms with Gasteiger partial charge in [0.1, 0.15) is 0 Å². The summed E-state index contributed by atoms with van der Waals surface area (Å²) in [5, 5.41) is 28.7. The van der Waals surface area contributed by atoms with Crippen LogP contribution in [-0.4, -0.2) is 67.7 Å². The van der Waals surface area contributed by atoms with Gasteiger partial charge < -0.3 is 37.3 Å². The summed E-state index contributed by atoms with van der Waals surface area (Å²) in [5.41, 5.74) is 5.42. The highest BCUT2D eigenvalue weighted by atomic mass is 35.5. The molecule has 54 heavy (non-hydrogen) atoms. The fourth-order valence-corrected chi connectivity index (χ4v) is 5.57. The topological polar surface area (TPSA) is 177 Å². The van der Waals surface area contributed by atoms with Gasteiger partial charge in [-0.2, -0.15) is 0 Å². The minimum Gasteiger partial charge on any atom is -0.481 e. The number of halogens is 1. The molecule has 0 saturated heterocycles. The fourth-order valence-electron chi connectivity index (χ4n) is 5.57. The van der Waals surface area contributed by atoms with E-state index in [0.29, 0.717) is 6.61 Å². The average molecular weight is 799 g/mol. The number of ether oxygens (including phenoxy) is 1. The van der Waals surface area contributed by atoms with Crippen molar-refractivity contribution >= 4 is 24.3 Å². The molecule has 0 rings (SSSR count). The molecule has 0 aliphatic heterocycles. The Labute approximate surface area is 342 Å². The lowest BCUT2D eigenvalue weighted by Gasteiger charge is -2.03. The number of rotatable bonds is 36. The van der Waals surface area contributed by atoms with E-state index < -0.39 is 17.9 Å². The molecular weight excluding hydrogens is 702 g/mol. The Balaban J connectivity index is -0.000000154. The van der Waals surface area contributed by atoms with Crippen molar-refractivity contribution in [1.29, 1.82) is 0 Å². The quantitative estimate of drug-likeness (QED) is 0.0266. The van der Waals surface area contributed by atoms with Gasteiger partial charge in [0.15, 0.2) is 0 Å². The Hall–Kier alpha value is -1.23. The molecule has 0 saturated carbocycles. The van der Waals surface area contributed by atoms with Gasteiger partial charge >= 0.3 is 11.9 Å². The van der Waals surface area contributed by atoms with Crippen LogP contribution in [0.5, 0.6) is 0 Å². The Morgan fingerprint density at radius 1 is 0.593 bits per heavy atom. The van der Waals surface area contributed by atoms with Crippen molar-refractivity contribution in [1.82, 2.24) is 11.5 Å². The van der Waals surface area contributed by atoms with E-state index in [2.05, 4.69) is 26.1 Å². The van der Waals surface area contributed by atoms with Crippen LogP contribution in [0.2, 0.25) is 0 Å². The van der Waals surface area contributed by atoms with Crippen LogP contribution in [-0.2, 0) is 14.3 Å². The van der Waals surface area contributed by atoms with Gasteiger partial charge in [0.25, 0.3) is 0 Å². The summed E-state index contributed by atoms with van der Waals surface area (Å²) < 4.78 is 5.20. The first-order valence-electron chi connectivity index (χ1n) is 21.9. The molecule has 330 valence electrons. The van der Waals surface area contributed by atoms with E-state index in [1.165, 1.54) is 167 Å². The second-order valence-electron chi connectivity index (χ2n) is 14.2. The fraction of sp³-hybridized carbons (Fsp3) is 0.909. The number of carboxylic acid groups (broad SMARTS) is 2. The molecular formula is C44H96ClN3O6. The summed E-state index contributed by atoms with van der Waals surface area (Å²) >= 11 is 0. The number of nitrogens with one attached hydrogen (secondary N) is 1. The van der Waals surface area contributed by atoms with E-state index in [1.54, 1.807) is 6.08 Å². The van der Waals surface area contributed by atoms with Gasteiger partial charge in [-0.1, -0.05) is 193 Å². The van der Waals surface area contributed by atoms with Crippen LogP contribution in [0, 0.1) is 5.92 Å². The van der Waals surface area contributed by atoms with Crippen LogP contribution in [0.15, 0.2) is 12.2 Å². The van der Waals surface area contributed by atoms with Crippen LogP contribution in [0.3, 0.4) is 0 Å². The minimum absolute atomic E-state index is 0. The molecule has 0 amide bonds.